The highest BCUT2D eigenvalue weighted by molar-refractivity contribution is 6.12. The first-order valence-corrected chi connectivity index (χ1v) is 8.51. The molecule has 0 atom stereocenters. The van der Waals surface area contributed by atoms with E-state index in [4.69, 9.17) is 14.2 Å². The third-order valence-corrected chi connectivity index (χ3v) is 3.51. The van der Waals surface area contributed by atoms with Crippen LogP contribution in [0.15, 0.2) is 18.3 Å². The van der Waals surface area contributed by atoms with Gasteiger partial charge >= 0.3 is 0 Å². The normalized spacial score (nSPS) is 14.0. The molecule has 1 aromatic heterocycles. The number of nitrogens with zero attached hydrogens (tertiary/aromatic N) is 4. The van der Waals surface area contributed by atoms with Gasteiger partial charge in [-0.3, -0.25) is 14.5 Å². The summed E-state index contributed by atoms with van der Waals surface area (Å²) < 4.78 is 17.8. The molecule has 144 valence electrons. The van der Waals surface area contributed by atoms with E-state index >= 15 is 0 Å². The second-order valence-corrected chi connectivity index (χ2v) is 5.51. The molecule has 0 spiro atoms. The first kappa shape index (κ1) is 20.2. The number of aromatic nitrogens is 3. The molecule has 0 bridgehead atoms. The summed E-state index contributed by atoms with van der Waals surface area (Å²) in [7, 11) is 1.88. The molecule has 0 radical (unpaired) electrons. The van der Waals surface area contributed by atoms with Crippen LogP contribution in [0.4, 0.5) is 0 Å². The van der Waals surface area contributed by atoms with Crippen molar-refractivity contribution in [1.82, 2.24) is 25.2 Å². The van der Waals surface area contributed by atoms with Gasteiger partial charge in [-0.2, -0.15) is 0 Å². The number of rotatable bonds is 14. The maximum Gasteiger partial charge on any atom is 0.253 e. The molecule has 0 saturated heterocycles. The zero-order valence-electron chi connectivity index (χ0n) is 14.9. The van der Waals surface area contributed by atoms with Crippen molar-refractivity contribution in [1.29, 1.82) is 0 Å². The van der Waals surface area contributed by atoms with E-state index in [-0.39, 0.29) is 18.4 Å². The summed E-state index contributed by atoms with van der Waals surface area (Å²) >= 11 is 0. The molecule has 1 aliphatic heterocycles. The van der Waals surface area contributed by atoms with E-state index in [1.807, 2.05) is 7.05 Å². The molecular weight excluding hydrogens is 342 g/mol. The number of hydrogen-bond acceptors (Lipinski definition) is 8. The molecule has 0 aliphatic carbocycles. The number of carbonyl (C=O) groups is 2. The Morgan fingerprint density at radius 2 is 1.58 bits per heavy atom. The predicted molar refractivity (Wildman–Crippen MR) is 91.1 cm³/mol. The Balaban J connectivity index is 1.50. The predicted octanol–water partition coefficient (Wildman–Crippen LogP) is -1.03. The van der Waals surface area contributed by atoms with Crippen LogP contribution in [0.2, 0.25) is 0 Å². The standard InChI is InChI=1S/C16H25N5O5/c1-17-4-6-24-8-10-26-11-9-25-7-5-20-12-14(18-19-20)13-21-15(22)2-3-16(21)23/h2-3,12,17H,4-11,13H2,1H3. The summed E-state index contributed by atoms with van der Waals surface area (Å²) in [5.41, 5.74) is 0.553. The van der Waals surface area contributed by atoms with Crippen molar-refractivity contribution < 1.29 is 23.8 Å². The molecule has 10 heteroatoms. The fraction of sp³-hybridized carbons (Fsp3) is 0.625. The molecule has 10 nitrogen and oxygen atoms in total. The van der Waals surface area contributed by atoms with Gasteiger partial charge in [0.1, 0.15) is 5.69 Å². The number of likely N-dealkylation sites (N-methyl/N-ethyl adjacent to an activating group) is 1. The summed E-state index contributed by atoms with van der Waals surface area (Å²) in [5, 5.41) is 10.9. The first-order chi connectivity index (χ1) is 12.7. The fourth-order valence-electron chi connectivity index (χ4n) is 2.14. The molecule has 0 aromatic carbocycles. The molecule has 1 N–H and O–H groups in total. The van der Waals surface area contributed by atoms with Gasteiger partial charge in [-0.05, 0) is 7.05 Å². The molecule has 2 rings (SSSR count). The number of carbonyl (C=O) groups excluding carboxylic acids is 2. The van der Waals surface area contributed by atoms with Gasteiger partial charge in [-0.25, -0.2) is 4.68 Å². The summed E-state index contributed by atoms with van der Waals surface area (Å²) in [6.07, 6.45) is 4.19. The van der Waals surface area contributed by atoms with E-state index < -0.39 is 0 Å². The lowest BCUT2D eigenvalue weighted by Crippen LogP contribution is -2.29. The van der Waals surface area contributed by atoms with Gasteiger partial charge < -0.3 is 19.5 Å². The Morgan fingerprint density at radius 1 is 0.962 bits per heavy atom. The van der Waals surface area contributed by atoms with Gasteiger partial charge in [0.15, 0.2) is 0 Å². The van der Waals surface area contributed by atoms with Crippen LogP contribution in [-0.4, -0.2) is 84.9 Å². The second-order valence-electron chi connectivity index (χ2n) is 5.51. The molecule has 1 aromatic rings. The number of nitrogens with one attached hydrogen (secondary N) is 1. The van der Waals surface area contributed by atoms with Gasteiger partial charge in [0, 0.05) is 18.7 Å². The average Bonchev–Trinajstić information content (AvgIpc) is 3.21. The smallest absolute Gasteiger partial charge is 0.253 e. The number of hydrogen-bond donors (Lipinski definition) is 1. The largest absolute Gasteiger partial charge is 0.378 e. The Morgan fingerprint density at radius 3 is 2.23 bits per heavy atom. The van der Waals surface area contributed by atoms with Crippen molar-refractivity contribution in [3.8, 4) is 0 Å². The topological polar surface area (TPSA) is 108 Å². The molecule has 0 unspecified atom stereocenters. The lowest BCUT2D eigenvalue weighted by atomic mass is 10.4. The van der Waals surface area contributed by atoms with Crippen LogP contribution >= 0.6 is 0 Å². The average molecular weight is 367 g/mol. The van der Waals surface area contributed by atoms with Crippen LogP contribution < -0.4 is 5.32 Å². The Bertz CT molecular complexity index is 586. The third-order valence-electron chi connectivity index (χ3n) is 3.51. The van der Waals surface area contributed by atoms with Crippen molar-refractivity contribution in [3.63, 3.8) is 0 Å². The van der Waals surface area contributed by atoms with Gasteiger partial charge in [0.25, 0.3) is 11.8 Å². The quantitative estimate of drug-likeness (QED) is 0.329. The molecule has 1 aliphatic rings. The lowest BCUT2D eigenvalue weighted by Gasteiger charge is -2.10. The maximum atomic E-state index is 11.5. The highest BCUT2D eigenvalue weighted by Gasteiger charge is 2.24. The van der Waals surface area contributed by atoms with Gasteiger partial charge in [0.2, 0.25) is 0 Å². The Hall–Kier alpha value is -2.14. The minimum absolute atomic E-state index is 0.121. The first-order valence-electron chi connectivity index (χ1n) is 8.51. The zero-order chi connectivity index (χ0) is 18.6. The number of ether oxygens (including phenoxy) is 3. The Labute approximate surface area is 152 Å². The van der Waals surface area contributed by atoms with Crippen molar-refractivity contribution in [2.45, 2.75) is 13.1 Å². The highest BCUT2D eigenvalue weighted by atomic mass is 16.5. The SMILES string of the molecule is CNCCOCCOCCOCCn1cc(CN2C(=O)C=CC2=O)nn1. The summed E-state index contributed by atoms with van der Waals surface area (Å²) in [6.45, 7) is 4.72. The van der Waals surface area contributed by atoms with Crippen LogP contribution in [0.3, 0.4) is 0 Å². The second kappa shape index (κ2) is 11.5. The van der Waals surface area contributed by atoms with Crippen molar-refractivity contribution in [2.75, 3.05) is 53.2 Å². The minimum atomic E-state index is -0.333. The van der Waals surface area contributed by atoms with Gasteiger partial charge in [-0.1, -0.05) is 5.21 Å². The lowest BCUT2D eigenvalue weighted by molar-refractivity contribution is -0.137. The van der Waals surface area contributed by atoms with Crippen LogP contribution in [0, 0.1) is 0 Å². The van der Waals surface area contributed by atoms with Crippen LogP contribution in [0.5, 0.6) is 0 Å². The minimum Gasteiger partial charge on any atom is -0.378 e. The highest BCUT2D eigenvalue weighted by Crippen LogP contribution is 2.08. The Kier molecular flexibility index (Phi) is 8.90. The van der Waals surface area contributed by atoms with Crippen molar-refractivity contribution in [2.24, 2.45) is 0 Å². The van der Waals surface area contributed by atoms with Crippen molar-refractivity contribution >= 4 is 11.8 Å². The summed E-state index contributed by atoms with van der Waals surface area (Å²) in [5.74, 6) is -0.666. The third kappa shape index (κ3) is 7.00. The van der Waals surface area contributed by atoms with E-state index in [2.05, 4.69) is 15.6 Å². The molecule has 2 amide bonds. The molecule has 0 fully saturated rings. The fourth-order valence-corrected chi connectivity index (χ4v) is 2.14. The van der Waals surface area contributed by atoms with E-state index in [9.17, 15) is 9.59 Å². The van der Waals surface area contributed by atoms with Crippen LogP contribution in [-0.2, 0) is 36.9 Å². The van der Waals surface area contributed by atoms with E-state index in [0.717, 1.165) is 11.4 Å². The van der Waals surface area contributed by atoms with Crippen LogP contribution in [0.25, 0.3) is 0 Å². The zero-order valence-corrected chi connectivity index (χ0v) is 14.9. The molecular formula is C16H25N5O5. The van der Waals surface area contributed by atoms with E-state index in [0.29, 0.717) is 51.9 Å². The van der Waals surface area contributed by atoms with Crippen molar-refractivity contribution in [3.05, 3.63) is 24.0 Å². The number of amides is 2. The van der Waals surface area contributed by atoms with E-state index in [1.54, 1.807) is 10.9 Å². The molecule has 26 heavy (non-hydrogen) atoms. The van der Waals surface area contributed by atoms with Crippen LogP contribution in [0.1, 0.15) is 5.69 Å². The van der Waals surface area contributed by atoms with E-state index in [1.165, 1.54) is 12.2 Å². The summed E-state index contributed by atoms with van der Waals surface area (Å²) in [4.78, 5) is 24.1. The summed E-state index contributed by atoms with van der Waals surface area (Å²) in [6, 6.07) is 0. The monoisotopic (exact) mass is 367 g/mol. The molecule has 0 saturated carbocycles. The number of imide groups is 1. The maximum absolute atomic E-state index is 11.5. The van der Waals surface area contributed by atoms with Gasteiger partial charge in [0.05, 0.1) is 58.9 Å². The van der Waals surface area contributed by atoms with Gasteiger partial charge in [-0.15, -0.1) is 5.10 Å². The molecule has 2 heterocycles.